The van der Waals surface area contributed by atoms with E-state index < -0.39 is 0 Å². The Morgan fingerprint density at radius 3 is 2.45 bits per heavy atom. The maximum Gasteiger partial charge on any atom is 0.308 e. The molecule has 126 valence electrons. The minimum atomic E-state index is -0.0708. The lowest BCUT2D eigenvalue weighted by atomic mass is 9.83. The molecule has 1 saturated heterocycles. The minimum absolute atomic E-state index is 0.0520. The summed E-state index contributed by atoms with van der Waals surface area (Å²) in [6.07, 6.45) is 8.33. The Morgan fingerprint density at radius 2 is 1.95 bits per heavy atom. The van der Waals surface area contributed by atoms with Gasteiger partial charge in [-0.1, -0.05) is 19.8 Å². The Hall–Kier alpha value is -1.26. The third-order valence-electron chi connectivity index (χ3n) is 5.58. The van der Waals surface area contributed by atoms with E-state index in [1.54, 1.807) is 0 Å². The molecule has 1 aliphatic carbocycles. The first-order valence-corrected chi connectivity index (χ1v) is 8.67. The first-order chi connectivity index (χ1) is 10.6. The normalized spacial score (nSPS) is 22.7. The third-order valence-corrected chi connectivity index (χ3v) is 5.58. The quantitative estimate of drug-likeness (QED) is 0.492. The van der Waals surface area contributed by atoms with Crippen LogP contribution in [-0.4, -0.2) is 50.6 Å². The van der Waals surface area contributed by atoms with Crippen LogP contribution in [0.4, 0.5) is 0 Å². The fourth-order valence-electron chi connectivity index (χ4n) is 3.87. The van der Waals surface area contributed by atoms with E-state index in [0.717, 1.165) is 38.4 Å². The summed E-state index contributed by atoms with van der Waals surface area (Å²) in [5.41, 5.74) is 0.459. The molecule has 0 aromatic carbocycles. The number of guanidine groups is 1. The molecule has 22 heavy (non-hydrogen) atoms. The van der Waals surface area contributed by atoms with E-state index in [9.17, 15) is 4.79 Å². The number of nitrogens with one attached hydrogen (secondary N) is 1. The molecule has 1 aliphatic heterocycles. The molecule has 0 radical (unpaired) electrons. The standard InChI is InChI=1S/C17H31N3O2/c1-4-17(9-5-6-10-17)13-19-16(18-2)20-11-7-14(8-12-20)15(21)22-3/h14H,4-13H2,1-3H3,(H,18,19). The average molecular weight is 309 g/mol. The number of aliphatic imine (C=N–C) groups is 1. The molecule has 1 saturated carbocycles. The minimum Gasteiger partial charge on any atom is -0.469 e. The summed E-state index contributed by atoms with van der Waals surface area (Å²) in [7, 11) is 3.32. The van der Waals surface area contributed by atoms with Crippen LogP contribution in [0.2, 0.25) is 0 Å². The van der Waals surface area contributed by atoms with Crippen LogP contribution in [0.1, 0.15) is 51.9 Å². The highest BCUT2D eigenvalue weighted by Crippen LogP contribution is 2.40. The van der Waals surface area contributed by atoms with Crippen molar-refractivity contribution in [1.29, 1.82) is 0 Å². The van der Waals surface area contributed by atoms with Crippen molar-refractivity contribution in [2.75, 3.05) is 33.8 Å². The van der Waals surface area contributed by atoms with Gasteiger partial charge in [-0.3, -0.25) is 9.79 Å². The number of esters is 1. The molecule has 1 heterocycles. The fourth-order valence-corrected chi connectivity index (χ4v) is 3.87. The second-order valence-electron chi connectivity index (χ2n) is 6.75. The van der Waals surface area contributed by atoms with Crippen LogP contribution in [-0.2, 0) is 9.53 Å². The molecule has 2 rings (SSSR count). The summed E-state index contributed by atoms with van der Waals surface area (Å²) >= 11 is 0. The van der Waals surface area contributed by atoms with Crippen LogP contribution in [0.25, 0.3) is 0 Å². The number of hydrogen-bond donors (Lipinski definition) is 1. The van der Waals surface area contributed by atoms with Gasteiger partial charge in [0.1, 0.15) is 0 Å². The van der Waals surface area contributed by atoms with Gasteiger partial charge in [0.15, 0.2) is 5.96 Å². The average Bonchev–Trinajstić information content (AvgIpc) is 3.04. The van der Waals surface area contributed by atoms with E-state index >= 15 is 0 Å². The Morgan fingerprint density at radius 1 is 1.32 bits per heavy atom. The van der Waals surface area contributed by atoms with E-state index in [1.165, 1.54) is 39.2 Å². The van der Waals surface area contributed by atoms with E-state index in [0.29, 0.717) is 5.41 Å². The van der Waals surface area contributed by atoms with Gasteiger partial charge in [0.2, 0.25) is 0 Å². The summed E-state index contributed by atoms with van der Waals surface area (Å²) in [5, 5.41) is 3.59. The van der Waals surface area contributed by atoms with Gasteiger partial charge in [0, 0.05) is 26.7 Å². The van der Waals surface area contributed by atoms with Gasteiger partial charge >= 0.3 is 5.97 Å². The van der Waals surface area contributed by atoms with Gasteiger partial charge in [-0.15, -0.1) is 0 Å². The van der Waals surface area contributed by atoms with Crippen molar-refractivity contribution in [3.05, 3.63) is 0 Å². The number of carbonyl (C=O) groups excluding carboxylic acids is 1. The van der Waals surface area contributed by atoms with Crippen LogP contribution in [0.5, 0.6) is 0 Å². The molecule has 2 fully saturated rings. The topological polar surface area (TPSA) is 53.9 Å². The molecule has 0 spiro atoms. The maximum atomic E-state index is 11.6. The number of nitrogens with zero attached hydrogens (tertiary/aromatic N) is 2. The summed E-state index contributed by atoms with van der Waals surface area (Å²) in [6, 6.07) is 0. The Bertz CT molecular complexity index is 395. The molecule has 5 heteroatoms. The van der Waals surface area contributed by atoms with Gasteiger partial charge in [-0.05, 0) is 37.5 Å². The van der Waals surface area contributed by atoms with Crippen molar-refractivity contribution in [3.8, 4) is 0 Å². The van der Waals surface area contributed by atoms with E-state index in [-0.39, 0.29) is 11.9 Å². The molecule has 0 bridgehead atoms. The molecular formula is C17H31N3O2. The Balaban J connectivity index is 1.84. The molecule has 0 aromatic heterocycles. The molecular weight excluding hydrogens is 278 g/mol. The largest absolute Gasteiger partial charge is 0.469 e. The zero-order chi connectivity index (χ0) is 16.0. The SMILES string of the molecule is CCC1(CNC(=NC)N2CCC(C(=O)OC)CC2)CCCC1. The zero-order valence-corrected chi connectivity index (χ0v) is 14.4. The van der Waals surface area contributed by atoms with E-state index in [1.807, 2.05) is 7.05 Å². The number of rotatable bonds is 4. The number of likely N-dealkylation sites (tertiary alicyclic amines) is 1. The van der Waals surface area contributed by atoms with Crippen molar-refractivity contribution in [2.45, 2.75) is 51.9 Å². The second-order valence-corrected chi connectivity index (χ2v) is 6.75. The first-order valence-electron chi connectivity index (χ1n) is 8.67. The molecule has 0 atom stereocenters. The highest BCUT2D eigenvalue weighted by Gasteiger charge is 2.33. The van der Waals surface area contributed by atoms with Gasteiger partial charge in [-0.25, -0.2) is 0 Å². The van der Waals surface area contributed by atoms with E-state index in [2.05, 4.69) is 22.1 Å². The predicted octanol–water partition coefficient (Wildman–Crippen LogP) is 2.42. The summed E-state index contributed by atoms with van der Waals surface area (Å²) in [5.74, 6) is 0.970. The highest BCUT2D eigenvalue weighted by atomic mass is 16.5. The fraction of sp³-hybridized carbons (Fsp3) is 0.882. The van der Waals surface area contributed by atoms with Gasteiger partial charge < -0.3 is 15.0 Å². The van der Waals surface area contributed by atoms with Crippen LogP contribution >= 0.6 is 0 Å². The Labute approximate surface area is 134 Å². The smallest absolute Gasteiger partial charge is 0.308 e. The van der Waals surface area contributed by atoms with Crippen LogP contribution in [0, 0.1) is 11.3 Å². The summed E-state index contributed by atoms with van der Waals surface area (Å²) in [6.45, 7) is 5.07. The van der Waals surface area contributed by atoms with Gasteiger partial charge in [0.25, 0.3) is 0 Å². The van der Waals surface area contributed by atoms with Crippen molar-refractivity contribution in [1.82, 2.24) is 10.2 Å². The first kappa shape index (κ1) is 17.1. The lowest BCUT2D eigenvalue weighted by molar-refractivity contribution is -0.146. The van der Waals surface area contributed by atoms with Crippen molar-refractivity contribution in [2.24, 2.45) is 16.3 Å². The van der Waals surface area contributed by atoms with Gasteiger partial charge in [-0.2, -0.15) is 0 Å². The van der Waals surface area contributed by atoms with Crippen LogP contribution in [0.15, 0.2) is 4.99 Å². The second kappa shape index (κ2) is 7.84. The van der Waals surface area contributed by atoms with Gasteiger partial charge in [0.05, 0.1) is 13.0 Å². The third kappa shape index (κ3) is 3.93. The lowest BCUT2D eigenvalue weighted by Gasteiger charge is -2.35. The molecule has 0 amide bonds. The number of ether oxygens (including phenoxy) is 1. The predicted molar refractivity (Wildman–Crippen MR) is 88.9 cm³/mol. The molecule has 1 N–H and O–H groups in total. The van der Waals surface area contributed by atoms with Crippen LogP contribution in [0.3, 0.4) is 0 Å². The molecule has 5 nitrogen and oxygen atoms in total. The van der Waals surface area contributed by atoms with E-state index in [4.69, 9.17) is 4.74 Å². The van der Waals surface area contributed by atoms with Crippen molar-refractivity contribution >= 4 is 11.9 Å². The highest BCUT2D eigenvalue weighted by molar-refractivity contribution is 5.80. The van der Waals surface area contributed by atoms with Crippen molar-refractivity contribution in [3.63, 3.8) is 0 Å². The van der Waals surface area contributed by atoms with Crippen LogP contribution < -0.4 is 5.32 Å². The monoisotopic (exact) mass is 309 g/mol. The number of piperidine rings is 1. The Kier molecular flexibility index (Phi) is 6.09. The summed E-state index contributed by atoms with van der Waals surface area (Å²) < 4.78 is 4.85. The number of hydrogen-bond acceptors (Lipinski definition) is 3. The lowest BCUT2D eigenvalue weighted by Crippen LogP contribution is -2.49. The summed E-state index contributed by atoms with van der Waals surface area (Å²) in [4.78, 5) is 18.3. The molecule has 0 aromatic rings. The number of methoxy groups -OCH3 is 1. The number of carbonyl (C=O) groups is 1. The molecule has 2 aliphatic rings. The van der Waals surface area contributed by atoms with Crippen molar-refractivity contribution < 1.29 is 9.53 Å². The molecule has 0 unspecified atom stereocenters. The zero-order valence-electron chi connectivity index (χ0n) is 14.4. The maximum absolute atomic E-state index is 11.6.